The van der Waals surface area contributed by atoms with Gasteiger partial charge in [-0.05, 0) is 23.3 Å². The summed E-state index contributed by atoms with van der Waals surface area (Å²) in [5, 5.41) is 13.1. The predicted octanol–water partition coefficient (Wildman–Crippen LogP) is 1.94. The number of hydrogen-bond donors (Lipinski definition) is 2. The van der Waals surface area contributed by atoms with Crippen molar-refractivity contribution in [3.8, 4) is 0 Å². The van der Waals surface area contributed by atoms with Gasteiger partial charge in [0.15, 0.2) is 0 Å². The first-order valence-electron chi connectivity index (χ1n) is 4.41. The zero-order chi connectivity index (χ0) is 9.26. The van der Waals surface area contributed by atoms with Crippen molar-refractivity contribution in [2.75, 3.05) is 13.2 Å². The molecular weight excluding hydrogens is 221 g/mol. The number of hydrogen-bond acceptors (Lipinski definition) is 2. The molecule has 1 aliphatic rings. The van der Waals surface area contributed by atoms with Gasteiger partial charge < -0.3 is 10.4 Å². The fourth-order valence-corrected chi connectivity index (χ4v) is 1.97. The lowest BCUT2D eigenvalue weighted by molar-refractivity contribution is 0.256. The van der Waals surface area contributed by atoms with Gasteiger partial charge in [-0.3, -0.25) is 0 Å². The maximum atomic E-state index is 9.13. The van der Waals surface area contributed by atoms with E-state index in [-0.39, 0.29) is 24.9 Å². The molecule has 0 aromatic heterocycles. The number of rotatable bonds is 1. The van der Waals surface area contributed by atoms with Crippen LogP contribution in [0.5, 0.6) is 0 Å². The van der Waals surface area contributed by atoms with Crippen molar-refractivity contribution in [1.29, 1.82) is 0 Å². The minimum absolute atomic E-state index is 0. The van der Waals surface area contributed by atoms with Crippen LogP contribution in [0, 0.1) is 0 Å². The Kier molecular flexibility index (Phi) is 4.20. The lowest BCUT2D eigenvalue weighted by atomic mass is 9.92. The molecule has 4 heteroatoms. The van der Waals surface area contributed by atoms with E-state index in [0.717, 1.165) is 18.1 Å². The minimum Gasteiger partial charge on any atom is -0.396 e. The third-order valence-electron chi connectivity index (χ3n) is 2.47. The smallest absolute Gasteiger partial charge is 0.0512 e. The molecule has 0 saturated heterocycles. The molecule has 0 saturated carbocycles. The Morgan fingerprint density at radius 1 is 1.50 bits per heavy atom. The SMILES string of the molecule is Cl.OCC1CNCc2cc(Cl)ccc21. The summed E-state index contributed by atoms with van der Waals surface area (Å²) in [7, 11) is 0. The molecule has 0 radical (unpaired) electrons. The number of aliphatic hydroxyl groups excluding tert-OH is 1. The number of benzene rings is 1. The van der Waals surface area contributed by atoms with E-state index in [2.05, 4.69) is 5.32 Å². The molecule has 2 rings (SSSR count). The van der Waals surface area contributed by atoms with Crippen LogP contribution >= 0.6 is 24.0 Å². The van der Waals surface area contributed by atoms with Crippen molar-refractivity contribution in [3.63, 3.8) is 0 Å². The first-order valence-corrected chi connectivity index (χ1v) is 4.79. The fourth-order valence-electron chi connectivity index (χ4n) is 1.78. The number of halogens is 2. The van der Waals surface area contributed by atoms with Gasteiger partial charge in [-0.1, -0.05) is 17.7 Å². The molecule has 0 spiro atoms. The van der Waals surface area contributed by atoms with Gasteiger partial charge in [0.25, 0.3) is 0 Å². The summed E-state index contributed by atoms with van der Waals surface area (Å²) < 4.78 is 0. The van der Waals surface area contributed by atoms with E-state index in [9.17, 15) is 0 Å². The van der Waals surface area contributed by atoms with Crippen LogP contribution in [-0.4, -0.2) is 18.3 Å². The second-order valence-electron chi connectivity index (χ2n) is 3.35. The topological polar surface area (TPSA) is 32.3 Å². The molecule has 0 aliphatic carbocycles. The van der Waals surface area contributed by atoms with Gasteiger partial charge in [-0.2, -0.15) is 0 Å². The van der Waals surface area contributed by atoms with E-state index in [1.807, 2.05) is 18.2 Å². The molecule has 1 heterocycles. The van der Waals surface area contributed by atoms with Gasteiger partial charge in [0.05, 0.1) is 6.61 Å². The number of fused-ring (bicyclic) bond motifs is 1. The van der Waals surface area contributed by atoms with Crippen LogP contribution in [-0.2, 0) is 6.54 Å². The highest BCUT2D eigenvalue weighted by Gasteiger charge is 2.18. The monoisotopic (exact) mass is 233 g/mol. The van der Waals surface area contributed by atoms with Gasteiger partial charge in [-0.15, -0.1) is 12.4 Å². The molecule has 2 N–H and O–H groups in total. The lowest BCUT2D eigenvalue weighted by Crippen LogP contribution is -2.29. The first kappa shape index (κ1) is 11.8. The van der Waals surface area contributed by atoms with Crippen LogP contribution < -0.4 is 5.32 Å². The lowest BCUT2D eigenvalue weighted by Gasteiger charge is -2.24. The Labute approximate surface area is 94.7 Å². The molecule has 1 unspecified atom stereocenters. The van der Waals surface area contributed by atoms with Crippen molar-refractivity contribution in [2.45, 2.75) is 12.5 Å². The van der Waals surface area contributed by atoms with E-state index in [1.54, 1.807) is 0 Å². The molecule has 1 aliphatic heterocycles. The Morgan fingerprint density at radius 3 is 3.00 bits per heavy atom. The van der Waals surface area contributed by atoms with Crippen molar-refractivity contribution in [3.05, 3.63) is 34.3 Å². The third kappa shape index (κ3) is 2.20. The maximum absolute atomic E-state index is 9.13. The second-order valence-corrected chi connectivity index (χ2v) is 3.79. The highest BCUT2D eigenvalue weighted by Crippen LogP contribution is 2.25. The number of nitrogens with one attached hydrogen (secondary N) is 1. The van der Waals surface area contributed by atoms with E-state index in [4.69, 9.17) is 16.7 Å². The molecule has 0 amide bonds. The largest absolute Gasteiger partial charge is 0.396 e. The molecule has 14 heavy (non-hydrogen) atoms. The molecular formula is C10H13Cl2NO. The molecule has 78 valence electrons. The Bertz CT molecular complexity index is 317. The summed E-state index contributed by atoms with van der Waals surface area (Å²) in [6.45, 7) is 1.90. The average molecular weight is 234 g/mol. The van der Waals surface area contributed by atoms with Crippen LogP contribution in [0.25, 0.3) is 0 Å². The predicted molar refractivity (Wildman–Crippen MR) is 60.2 cm³/mol. The highest BCUT2D eigenvalue weighted by atomic mass is 35.5. The third-order valence-corrected chi connectivity index (χ3v) is 2.71. The standard InChI is InChI=1S/C10H12ClNO.ClH/c11-9-1-2-10-7(3-9)4-12-5-8(10)6-13;/h1-3,8,12-13H,4-6H2;1H. The second kappa shape index (κ2) is 4.99. The molecule has 2 nitrogen and oxygen atoms in total. The Hall–Kier alpha value is -0.280. The summed E-state index contributed by atoms with van der Waals surface area (Å²) in [5.41, 5.74) is 2.43. The Balaban J connectivity index is 0.000000980. The zero-order valence-electron chi connectivity index (χ0n) is 7.66. The molecule has 0 fully saturated rings. The minimum atomic E-state index is 0. The van der Waals surface area contributed by atoms with E-state index in [0.29, 0.717) is 0 Å². The molecule has 1 aromatic rings. The quantitative estimate of drug-likeness (QED) is 0.778. The van der Waals surface area contributed by atoms with E-state index in [1.165, 1.54) is 11.1 Å². The zero-order valence-corrected chi connectivity index (χ0v) is 9.24. The van der Waals surface area contributed by atoms with Crippen molar-refractivity contribution < 1.29 is 5.11 Å². The van der Waals surface area contributed by atoms with Crippen molar-refractivity contribution >= 4 is 24.0 Å². The first-order chi connectivity index (χ1) is 6.31. The van der Waals surface area contributed by atoms with Crippen LogP contribution in [0.1, 0.15) is 17.0 Å². The molecule has 1 aromatic carbocycles. The van der Waals surface area contributed by atoms with Crippen LogP contribution in [0.15, 0.2) is 18.2 Å². The van der Waals surface area contributed by atoms with Crippen LogP contribution in [0.2, 0.25) is 5.02 Å². The summed E-state index contributed by atoms with van der Waals surface area (Å²) in [4.78, 5) is 0. The van der Waals surface area contributed by atoms with Crippen molar-refractivity contribution in [1.82, 2.24) is 5.32 Å². The molecule has 0 bridgehead atoms. The van der Waals surface area contributed by atoms with Gasteiger partial charge in [-0.25, -0.2) is 0 Å². The van der Waals surface area contributed by atoms with Gasteiger partial charge in [0.2, 0.25) is 0 Å². The van der Waals surface area contributed by atoms with Crippen LogP contribution in [0.4, 0.5) is 0 Å². The Morgan fingerprint density at radius 2 is 2.29 bits per heavy atom. The summed E-state index contributed by atoms with van der Waals surface area (Å²) in [6.07, 6.45) is 0. The van der Waals surface area contributed by atoms with Gasteiger partial charge >= 0.3 is 0 Å². The number of aliphatic hydroxyl groups is 1. The maximum Gasteiger partial charge on any atom is 0.0512 e. The van der Waals surface area contributed by atoms with Gasteiger partial charge in [0, 0.05) is 24.0 Å². The van der Waals surface area contributed by atoms with Crippen LogP contribution in [0.3, 0.4) is 0 Å². The average Bonchev–Trinajstić information content (AvgIpc) is 2.16. The summed E-state index contributed by atoms with van der Waals surface area (Å²) in [5.74, 6) is 0.223. The summed E-state index contributed by atoms with van der Waals surface area (Å²) >= 11 is 5.88. The van der Waals surface area contributed by atoms with Crippen molar-refractivity contribution in [2.24, 2.45) is 0 Å². The normalized spacial score (nSPS) is 19.7. The van der Waals surface area contributed by atoms with Gasteiger partial charge in [0.1, 0.15) is 0 Å². The highest BCUT2D eigenvalue weighted by molar-refractivity contribution is 6.30. The fraction of sp³-hybridized carbons (Fsp3) is 0.400. The molecule has 1 atom stereocenters. The summed E-state index contributed by atoms with van der Waals surface area (Å²) in [6, 6.07) is 5.86. The van der Waals surface area contributed by atoms with E-state index >= 15 is 0 Å². The van der Waals surface area contributed by atoms with E-state index < -0.39 is 0 Å².